The highest BCUT2D eigenvalue weighted by molar-refractivity contribution is 6.01. The fraction of sp³-hybridized carbons (Fsp3) is 0.371. The first-order chi connectivity index (χ1) is 20.9. The van der Waals surface area contributed by atoms with E-state index in [0.717, 1.165) is 11.1 Å². The van der Waals surface area contributed by atoms with Crippen molar-refractivity contribution in [3.05, 3.63) is 102 Å². The Morgan fingerprint density at radius 3 is 2.30 bits per heavy atom. The molecule has 1 heterocycles. The zero-order valence-electron chi connectivity index (χ0n) is 24.7. The number of hydrogen-bond acceptors (Lipinski definition) is 6. The van der Waals surface area contributed by atoms with E-state index in [4.69, 9.17) is 9.47 Å². The number of hydrogen-bond donors (Lipinski definition) is 1. The molecule has 3 aromatic carbocycles. The summed E-state index contributed by atoms with van der Waals surface area (Å²) in [6.07, 6.45) is 2.52. The molecule has 0 aliphatic carbocycles. The lowest BCUT2D eigenvalue weighted by Crippen LogP contribution is -2.46. The van der Waals surface area contributed by atoms with Crippen molar-refractivity contribution in [2.45, 2.75) is 51.0 Å². The molecule has 1 N–H and O–H groups in total. The molecule has 43 heavy (non-hydrogen) atoms. The molecule has 3 aromatic rings. The van der Waals surface area contributed by atoms with Gasteiger partial charge in [-0.1, -0.05) is 72.8 Å². The number of para-hydroxylation sites is 1. The Labute approximate surface area is 253 Å². The molecule has 0 spiro atoms. The molecule has 2 atom stereocenters. The number of methoxy groups -OCH3 is 1. The predicted molar refractivity (Wildman–Crippen MR) is 164 cm³/mol. The minimum absolute atomic E-state index is 0.0683. The van der Waals surface area contributed by atoms with Gasteiger partial charge in [0.1, 0.15) is 11.8 Å². The summed E-state index contributed by atoms with van der Waals surface area (Å²) < 4.78 is 11.0. The zero-order chi connectivity index (χ0) is 30.4. The Bertz CT molecular complexity index is 1360. The highest BCUT2D eigenvalue weighted by Gasteiger charge is 2.30. The number of carbonyl (C=O) groups excluding carboxylic acids is 4. The van der Waals surface area contributed by atoms with Crippen LogP contribution in [0.15, 0.2) is 84.9 Å². The number of nitrogens with zero attached hydrogens (tertiary/aromatic N) is 1. The third-order valence-corrected chi connectivity index (χ3v) is 7.71. The summed E-state index contributed by atoms with van der Waals surface area (Å²) in [7, 11) is 1.26. The fourth-order valence-electron chi connectivity index (χ4n) is 5.28. The molecule has 0 bridgehead atoms. The molecule has 226 valence electrons. The smallest absolute Gasteiger partial charge is 0.328 e. The SMILES string of the molecule is COC(=O)[C@@H]1CCC(=O)N(CCc2ccccc2)CCCCOc2ccccc2C(=O)C[C@H](Cc2ccccc2)C(=O)N1. The maximum atomic E-state index is 13.7. The summed E-state index contributed by atoms with van der Waals surface area (Å²) in [6, 6.07) is 25.5. The quantitative estimate of drug-likeness (QED) is 0.418. The molecule has 8 heteroatoms. The number of ketones is 1. The highest BCUT2D eigenvalue weighted by Crippen LogP contribution is 2.24. The summed E-state index contributed by atoms with van der Waals surface area (Å²) in [5.74, 6) is -1.65. The Balaban J connectivity index is 1.59. The summed E-state index contributed by atoms with van der Waals surface area (Å²) in [4.78, 5) is 55.2. The average Bonchev–Trinajstić information content (AvgIpc) is 3.04. The third-order valence-electron chi connectivity index (χ3n) is 7.71. The standard InChI is InChI=1S/C35H40N2O6/c1-42-35(41)30-18-19-33(39)37(22-20-26-12-4-2-5-13-26)21-10-11-23-43-32-17-9-8-16-29(32)31(38)25-28(34(40)36-30)24-27-14-6-3-7-15-27/h2-9,12-17,28,30H,10-11,18-25H2,1H3,(H,36,40)/t28-,30-/m0/s1. The molecular formula is C35H40N2O6. The van der Waals surface area contributed by atoms with Crippen LogP contribution < -0.4 is 10.1 Å². The van der Waals surface area contributed by atoms with Gasteiger partial charge >= 0.3 is 5.97 Å². The second kappa shape index (κ2) is 16.2. The minimum Gasteiger partial charge on any atom is -0.493 e. The molecule has 0 unspecified atom stereocenters. The van der Waals surface area contributed by atoms with Crippen molar-refractivity contribution in [2.75, 3.05) is 26.8 Å². The normalized spacial score (nSPS) is 19.0. The molecule has 0 fully saturated rings. The largest absolute Gasteiger partial charge is 0.493 e. The van der Waals surface area contributed by atoms with E-state index in [1.54, 1.807) is 18.2 Å². The van der Waals surface area contributed by atoms with Crippen LogP contribution in [0, 0.1) is 5.92 Å². The van der Waals surface area contributed by atoms with Crippen LogP contribution >= 0.6 is 0 Å². The lowest BCUT2D eigenvalue weighted by molar-refractivity contribution is -0.146. The molecule has 1 aliphatic rings. The van der Waals surface area contributed by atoms with Crippen LogP contribution in [0.4, 0.5) is 0 Å². The molecule has 0 radical (unpaired) electrons. The highest BCUT2D eigenvalue weighted by atomic mass is 16.5. The van der Waals surface area contributed by atoms with Crippen molar-refractivity contribution in [2.24, 2.45) is 5.92 Å². The number of fused-ring (bicyclic) bond motifs is 1. The molecule has 4 rings (SSSR count). The van der Waals surface area contributed by atoms with Crippen LogP contribution in [-0.4, -0.2) is 61.3 Å². The zero-order valence-corrected chi connectivity index (χ0v) is 24.7. The van der Waals surface area contributed by atoms with Crippen molar-refractivity contribution in [1.29, 1.82) is 0 Å². The minimum atomic E-state index is -1.02. The van der Waals surface area contributed by atoms with Gasteiger partial charge in [0.15, 0.2) is 5.78 Å². The molecule has 2 amide bonds. The Morgan fingerprint density at radius 1 is 0.907 bits per heavy atom. The van der Waals surface area contributed by atoms with E-state index in [0.29, 0.717) is 56.7 Å². The van der Waals surface area contributed by atoms with Gasteiger partial charge in [-0.3, -0.25) is 14.4 Å². The lowest BCUT2D eigenvalue weighted by Gasteiger charge is -2.25. The van der Waals surface area contributed by atoms with E-state index < -0.39 is 23.8 Å². The van der Waals surface area contributed by atoms with E-state index in [2.05, 4.69) is 5.32 Å². The van der Waals surface area contributed by atoms with Crippen LogP contribution in [0.5, 0.6) is 5.75 Å². The number of ether oxygens (including phenoxy) is 2. The van der Waals surface area contributed by atoms with Crippen molar-refractivity contribution < 1.29 is 28.7 Å². The van der Waals surface area contributed by atoms with Gasteiger partial charge in [-0.2, -0.15) is 0 Å². The number of Topliss-reactive ketones (excluding diaryl/α,β-unsaturated/α-hetero) is 1. The second-order valence-corrected chi connectivity index (χ2v) is 10.8. The van der Waals surface area contributed by atoms with E-state index >= 15 is 0 Å². The predicted octanol–water partition coefficient (Wildman–Crippen LogP) is 4.80. The molecule has 0 saturated carbocycles. The topological polar surface area (TPSA) is 102 Å². The van der Waals surface area contributed by atoms with Crippen LogP contribution in [0.2, 0.25) is 0 Å². The summed E-state index contributed by atoms with van der Waals surface area (Å²) in [5, 5.41) is 2.80. The third kappa shape index (κ3) is 9.53. The monoisotopic (exact) mass is 584 g/mol. The van der Waals surface area contributed by atoms with Crippen molar-refractivity contribution in [1.82, 2.24) is 10.2 Å². The van der Waals surface area contributed by atoms with E-state index in [-0.39, 0.29) is 31.0 Å². The van der Waals surface area contributed by atoms with Crippen molar-refractivity contribution >= 4 is 23.6 Å². The number of amides is 2. The molecule has 1 aliphatic heterocycles. The number of benzene rings is 3. The number of nitrogens with one attached hydrogen (secondary N) is 1. The van der Waals surface area contributed by atoms with Gasteiger partial charge in [0.05, 0.1) is 19.3 Å². The van der Waals surface area contributed by atoms with Gasteiger partial charge < -0.3 is 19.7 Å². The van der Waals surface area contributed by atoms with Gasteiger partial charge in [-0.15, -0.1) is 0 Å². The van der Waals surface area contributed by atoms with Crippen LogP contribution in [0.3, 0.4) is 0 Å². The first kappa shape index (κ1) is 31.5. The maximum absolute atomic E-state index is 13.7. The Morgan fingerprint density at radius 2 is 1.58 bits per heavy atom. The number of rotatable bonds is 6. The molecule has 0 aromatic heterocycles. The molecular weight excluding hydrogens is 544 g/mol. The summed E-state index contributed by atoms with van der Waals surface area (Å²) in [5.41, 5.74) is 2.44. The van der Waals surface area contributed by atoms with Gasteiger partial charge in [0, 0.05) is 31.8 Å². The number of esters is 1. The second-order valence-electron chi connectivity index (χ2n) is 10.8. The van der Waals surface area contributed by atoms with Crippen LogP contribution in [0.25, 0.3) is 0 Å². The number of carbonyl (C=O) groups is 4. The van der Waals surface area contributed by atoms with Crippen molar-refractivity contribution in [3.63, 3.8) is 0 Å². The Kier molecular flexibility index (Phi) is 11.9. The van der Waals surface area contributed by atoms with E-state index in [1.165, 1.54) is 7.11 Å². The first-order valence-electron chi connectivity index (χ1n) is 14.9. The van der Waals surface area contributed by atoms with Gasteiger partial charge in [0.2, 0.25) is 11.8 Å². The molecule has 8 nitrogen and oxygen atoms in total. The van der Waals surface area contributed by atoms with Crippen LogP contribution in [-0.2, 0) is 32.0 Å². The maximum Gasteiger partial charge on any atom is 0.328 e. The van der Waals surface area contributed by atoms with Gasteiger partial charge in [0.25, 0.3) is 0 Å². The Hall–Kier alpha value is -4.46. The van der Waals surface area contributed by atoms with E-state index in [9.17, 15) is 19.2 Å². The van der Waals surface area contributed by atoms with Gasteiger partial charge in [-0.25, -0.2) is 4.79 Å². The van der Waals surface area contributed by atoms with Crippen molar-refractivity contribution in [3.8, 4) is 5.75 Å². The van der Waals surface area contributed by atoms with Gasteiger partial charge in [-0.05, 0) is 55.4 Å². The van der Waals surface area contributed by atoms with Crippen LogP contribution in [0.1, 0.15) is 53.6 Å². The first-order valence-corrected chi connectivity index (χ1v) is 14.9. The average molecular weight is 585 g/mol. The summed E-state index contributed by atoms with van der Waals surface area (Å²) in [6.45, 7) is 1.46. The fourth-order valence-corrected chi connectivity index (χ4v) is 5.28. The van der Waals surface area contributed by atoms with E-state index in [1.807, 2.05) is 71.6 Å². The molecule has 0 saturated heterocycles. The summed E-state index contributed by atoms with van der Waals surface area (Å²) >= 11 is 0. The lowest BCUT2D eigenvalue weighted by atomic mass is 9.90.